The minimum absolute atomic E-state index is 0.0321. The highest BCUT2D eigenvalue weighted by Gasteiger charge is 2.33. The first-order valence-corrected chi connectivity index (χ1v) is 13.1. The summed E-state index contributed by atoms with van der Waals surface area (Å²) in [4.78, 5) is 28.7. The summed E-state index contributed by atoms with van der Waals surface area (Å²) in [5.41, 5.74) is 1.54. The monoisotopic (exact) mass is 542 g/mol. The van der Waals surface area contributed by atoms with Crippen LogP contribution in [0.5, 0.6) is 5.75 Å². The molecule has 1 fully saturated rings. The Morgan fingerprint density at radius 1 is 1.00 bits per heavy atom. The Bertz CT molecular complexity index is 1220. The summed E-state index contributed by atoms with van der Waals surface area (Å²) in [6, 6.07) is 19.7. The van der Waals surface area contributed by atoms with E-state index in [0.29, 0.717) is 22.0 Å². The Hall–Kier alpha value is -3.09. The van der Waals surface area contributed by atoms with E-state index in [9.17, 15) is 14.0 Å². The zero-order valence-electron chi connectivity index (χ0n) is 20.3. The van der Waals surface area contributed by atoms with Crippen LogP contribution in [-0.4, -0.2) is 35.4 Å². The van der Waals surface area contributed by atoms with Gasteiger partial charge in [0, 0.05) is 29.1 Å². The number of rotatable bonds is 10. The van der Waals surface area contributed by atoms with E-state index in [1.165, 1.54) is 17.0 Å². The van der Waals surface area contributed by atoms with Gasteiger partial charge in [0.2, 0.25) is 5.91 Å². The van der Waals surface area contributed by atoms with Crippen molar-refractivity contribution in [1.82, 2.24) is 10.2 Å². The molecule has 0 spiro atoms. The Morgan fingerprint density at radius 2 is 1.70 bits per heavy atom. The van der Waals surface area contributed by atoms with Gasteiger partial charge >= 0.3 is 0 Å². The van der Waals surface area contributed by atoms with Gasteiger partial charge in [0.25, 0.3) is 5.91 Å². The van der Waals surface area contributed by atoms with Crippen LogP contribution in [0.4, 0.5) is 4.39 Å². The summed E-state index contributed by atoms with van der Waals surface area (Å²) in [5, 5.41) is 3.99. The molecule has 3 aromatic carbocycles. The average Bonchev–Trinajstić information content (AvgIpc) is 3.40. The van der Waals surface area contributed by atoms with Gasteiger partial charge in [-0.3, -0.25) is 9.59 Å². The lowest BCUT2D eigenvalue weighted by Gasteiger charge is -2.32. The van der Waals surface area contributed by atoms with E-state index in [4.69, 9.17) is 27.9 Å². The molecule has 8 heteroatoms. The summed E-state index contributed by atoms with van der Waals surface area (Å²) < 4.78 is 19.7. The number of hydrogen-bond donors (Lipinski definition) is 1. The summed E-state index contributed by atoms with van der Waals surface area (Å²) in [6.45, 7) is -0.376. The van der Waals surface area contributed by atoms with E-state index in [-0.39, 0.29) is 24.2 Å². The maximum absolute atomic E-state index is 14.1. The molecule has 194 valence electrons. The quantitative estimate of drug-likeness (QED) is 0.331. The molecule has 5 nitrogen and oxygen atoms in total. The number of carbonyl (C=O) groups is 2. The molecule has 0 radical (unpaired) electrons. The zero-order chi connectivity index (χ0) is 26.2. The molecule has 0 saturated heterocycles. The lowest BCUT2D eigenvalue weighted by molar-refractivity contribution is -0.143. The Labute approximate surface area is 226 Å². The van der Waals surface area contributed by atoms with E-state index >= 15 is 0 Å². The van der Waals surface area contributed by atoms with E-state index in [1.807, 2.05) is 30.3 Å². The van der Waals surface area contributed by atoms with Crippen LogP contribution in [-0.2, 0) is 22.6 Å². The maximum Gasteiger partial charge on any atom is 0.261 e. The Kier molecular flexibility index (Phi) is 9.42. The van der Waals surface area contributed by atoms with Crippen molar-refractivity contribution in [3.05, 3.63) is 99.8 Å². The second-order valence-corrected chi connectivity index (χ2v) is 10.0. The molecule has 37 heavy (non-hydrogen) atoms. The van der Waals surface area contributed by atoms with Gasteiger partial charge in [-0.25, -0.2) is 4.39 Å². The fourth-order valence-corrected chi connectivity index (χ4v) is 5.01. The van der Waals surface area contributed by atoms with Crippen LogP contribution in [0.25, 0.3) is 0 Å². The Morgan fingerprint density at radius 3 is 2.41 bits per heavy atom. The van der Waals surface area contributed by atoms with Gasteiger partial charge < -0.3 is 15.0 Å². The molecular weight excluding hydrogens is 514 g/mol. The van der Waals surface area contributed by atoms with E-state index in [1.54, 1.807) is 30.3 Å². The van der Waals surface area contributed by atoms with E-state index in [0.717, 1.165) is 31.2 Å². The molecule has 1 aliphatic rings. The maximum atomic E-state index is 14.1. The largest absolute Gasteiger partial charge is 0.481 e. The second kappa shape index (κ2) is 12.9. The first-order valence-electron chi connectivity index (χ1n) is 12.4. The van der Waals surface area contributed by atoms with Gasteiger partial charge in [-0.15, -0.1) is 0 Å². The number of halogens is 3. The molecular formula is C29H29Cl2FN2O3. The summed E-state index contributed by atoms with van der Waals surface area (Å²) in [6.07, 6.45) is 4.26. The van der Waals surface area contributed by atoms with Crippen molar-refractivity contribution in [2.45, 2.75) is 50.7 Å². The first kappa shape index (κ1) is 27.0. The third-order valence-corrected chi connectivity index (χ3v) is 7.10. The van der Waals surface area contributed by atoms with Crippen molar-refractivity contribution in [2.75, 3.05) is 6.61 Å². The van der Waals surface area contributed by atoms with Crippen molar-refractivity contribution in [3.63, 3.8) is 0 Å². The molecule has 4 rings (SSSR count). The highest BCUT2D eigenvalue weighted by Crippen LogP contribution is 2.25. The fraction of sp³-hybridized carbons (Fsp3) is 0.310. The normalized spacial score (nSPS) is 14.2. The predicted octanol–water partition coefficient (Wildman–Crippen LogP) is 6.21. The van der Waals surface area contributed by atoms with Crippen molar-refractivity contribution in [3.8, 4) is 5.75 Å². The van der Waals surface area contributed by atoms with Crippen LogP contribution in [0.3, 0.4) is 0 Å². The highest BCUT2D eigenvalue weighted by molar-refractivity contribution is 6.35. The molecule has 3 aromatic rings. The molecule has 1 saturated carbocycles. The van der Waals surface area contributed by atoms with Gasteiger partial charge in [-0.05, 0) is 48.2 Å². The van der Waals surface area contributed by atoms with E-state index < -0.39 is 24.4 Å². The molecule has 1 atom stereocenters. The van der Waals surface area contributed by atoms with Crippen LogP contribution in [0.2, 0.25) is 10.0 Å². The van der Waals surface area contributed by atoms with E-state index in [2.05, 4.69) is 5.32 Å². The molecule has 1 unspecified atom stereocenters. The highest BCUT2D eigenvalue weighted by atomic mass is 35.5. The third kappa shape index (κ3) is 7.46. The molecule has 1 N–H and O–H groups in total. The van der Waals surface area contributed by atoms with Gasteiger partial charge in [0.1, 0.15) is 6.04 Å². The van der Waals surface area contributed by atoms with Crippen molar-refractivity contribution < 1.29 is 18.7 Å². The number of amides is 2. The lowest BCUT2D eigenvalue weighted by atomic mass is 10.0. The number of benzene rings is 3. The van der Waals surface area contributed by atoms with Crippen molar-refractivity contribution >= 4 is 35.0 Å². The van der Waals surface area contributed by atoms with Crippen LogP contribution >= 0.6 is 23.2 Å². The fourth-order valence-electron chi connectivity index (χ4n) is 4.54. The SMILES string of the molecule is O=C(NC1CCCC1)C(Cc1ccccc1)N(Cc1ccc(Cl)cc1Cl)C(=O)COc1ccccc1F. The number of nitrogens with one attached hydrogen (secondary N) is 1. The molecule has 2 amide bonds. The minimum atomic E-state index is -0.827. The number of ether oxygens (including phenoxy) is 1. The molecule has 0 heterocycles. The third-order valence-electron chi connectivity index (χ3n) is 6.52. The molecule has 1 aliphatic carbocycles. The molecule has 0 bridgehead atoms. The Balaban J connectivity index is 1.64. The number of para-hydroxylation sites is 1. The van der Waals surface area contributed by atoms with Crippen LogP contribution in [0.15, 0.2) is 72.8 Å². The van der Waals surface area contributed by atoms with Crippen molar-refractivity contribution in [2.24, 2.45) is 0 Å². The first-order chi connectivity index (χ1) is 17.9. The van der Waals surface area contributed by atoms with Gasteiger partial charge in [0.05, 0.1) is 0 Å². The molecule has 0 aliphatic heterocycles. The van der Waals surface area contributed by atoms with Gasteiger partial charge in [0.15, 0.2) is 18.2 Å². The number of nitrogens with zero attached hydrogens (tertiary/aromatic N) is 1. The summed E-state index contributed by atoms with van der Waals surface area (Å²) >= 11 is 12.5. The molecule has 0 aromatic heterocycles. The second-order valence-electron chi connectivity index (χ2n) is 9.17. The zero-order valence-corrected chi connectivity index (χ0v) is 21.9. The predicted molar refractivity (Wildman–Crippen MR) is 143 cm³/mol. The van der Waals surface area contributed by atoms with Crippen LogP contribution < -0.4 is 10.1 Å². The average molecular weight is 543 g/mol. The number of carbonyl (C=O) groups excluding carboxylic acids is 2. The van der Waals surface area contributed by atoms with Crippen LogP contribution in [0.1, 0.15) is 36.8 Å². The number of hydrogen-bond acceptors (Lipinski definition) is 3. The summed E-state index contributed by atoms with van der Waals surface area (Å²) in [7, 11) is 0. The minimum Gasteiger partial charge on any atom is -0.481 e. The topological polar surface area (TPSA) is 58.6 Å². The summed E-state index contributed by atoms with van der Waals surface area (Å²) in [5.74, 6) is -1.30. The smallest absolute Gasteiger partial charge is 0.261 e. The standard InChI is InChI=1S/C29H29Cl2FN2O3/c30-22-15-14-21(24(31)17-22)18-34(28(35)19-37-27-13-7-6-12-25(27)32)26(16-20-8-2-1-3-9-20)29(36)33-23-10-4-5-11-23/h1-3,6-9,12-15,17,23,26H,4-5,10-11,16,18-19H2,(H,33,36). The lowest BCUT2D eigenvalue weighted by Crippen LogP contribution is -2.53. The van der Waals surface area contributed by atoms with Gasteiger partial charge in [-0.1, -0.05) is 84.6 Å². The van der Waals surface area contributed by atoms with Crippen LogP contribution in [0, 0.1) is 5.82 Å². The van der Waals surface area contributed by atoms with Crippen molar-refractivity contribution in [1.29, 1.82) is 0 Å². The van der Waals surface area contributed by atoms with Gasteiger partial charge in [-0.2, -0.15) is 0 Å².